The summed E-state index contributed by atoms with van der Waals surface area (Å²) in [6, 6.07) is 13.0. The molecule has 32 heavy (non-hydrogen) atoms. The SMILES string of the molecule is Cc1cc(-c2sc(NC(=O)N3CC[C@@H](C(N)=O)C3)nc2-c2cccc(C#N)c2)cc(C)n1. The molecule has 3 aromatic rings. The first-order valence-electron chi connectivity index (χ1n) is 10.2. The van der Waals surface area contributed by atoms with E-state index in [-0.39, 0.29) is 17.9 Å². The lowest BCUT2D eigenvalue weighted by Gasteiger charge is -2.15. The molecule has 0 aliphatic carbocycles. The van der Waals surface area contributed by atoms with E-state index in [9.17, 15) is 14.9 Å². The van der Waals surface area contributed by atoms with E-state index >= 15 is 0 Å². The second-order valence-corrected chi connectivity index (χ2v) is 8.79. The van der Waals surface area contributed by atoms with Crippen LogP contribution < -0.4 is 11.1 Å². The predicted molar refractivity (Wildman–Crippen MR) is 123 cm³/mol. The van der Waals surface area contributed by atoms with Gasteiger partial charge in [-0.2, -0.15) is 5.26 Å². The highest BCUT2D eigenvalue weighted by Crippen LogP contribution is 2.39. The molecule has 0 bridgehead atoms. The second-order valence-electron chi connectivity index (χ2n) is 7.79. The molecule has 2 aromatic heterocycles. The summed E-state index contributed by atoms with van der Waals surface area (Å²) in [7, 11) is 0. The molecule has 3 N–H and O–H groups in total. The van der Waals surface area contributed by atoms with Gasteiger partial charge in [0.05, 0.1) is 28.1 Å². The first kappa shape index (κ1) is 21.5. The Labute approximate surface area is 189 Å². The number of nitrogens with zero attached hydrogens (tertiary/aromatic N) is 4. The summed E-state index contributed by atoms with van der Waals surface area (Å²) < 4.78 is 0. The molecule has 0 unspecified atom stereocenters. The lowest BCUT2D eigenvalue weighted by atomic mass is 10.0. The molecule has 1 saturated heterocycles. The zero-order valence-electron chi connectivity index (χ0n) is 17.8. The minimum atomic E-state index is -0.389. The molecule has 162 valence electrons. The van der Waals surface area contributed by atoms with Gasteiger partial charge >= 0.3 is 6.03 Å². The number of hydrogen-bond acceptors (Lipinski definition) is 6. The van der Waals surface area contributed by atoms with Crippen LogP contribution in [0.5, 0.6) is 0 Å². The Kier molecular flexibility index (Phi) is 5.88. The smallest absolute Gasteiger partial charge is 0.323 e. The van der Waals surface area contributed by atoms with Gasteiger partial charge in [-0.05, 0) is 50.1 Å². The van der Waals surface area contributed by atoms with Crippen molar-refractivity contribution in [1.29, 1.82) is 5.26 Å². The van der Waals surface area contributed by atoms with Gasteiger partial charge in [-0.15, -0.1) is 0 Å². The van der Waals surface area contributed by atoms with Gasteiger partial charge in [-0.3, -0.25) is 15.1 Å². The Morgan fingerprint density at radius 2 is 1.94 bits per heavy atom. The van der Waals surface area contributed by atoms with Crippen molar-refractivity contribution < 1.29 is 9.59 Å². The van der Waals surface area contributed by atoms with Crippen LogP contribution in [-0.2, 0) is 4.79 Å². The van der Waals surface area contributed by atoms with Crippen LogP contribution in [0.2, 0.25) is 0 Å². The number of primary amides is 1. The van der Waals surface area contributed by atoms with E-state index < -0.39 is 0 Å². The fourth-order valence-corrected chi connectivity index (χ4v) is 4.78. The number of aryl methyl sites for hydroxylation is 2. The van der Waals surface area contributed by atoms with Crippen LogP contribution in [-0.4, -0.2) is 39.9 Å². The predicted octanol–water partition coefficient (Wildman–Crippen LogP) is 3.70. The second kappa shape index (κ2) is 8.77. The number of thiazole rings is 1. The first-order chi connectivity index (χ1) is 15.3. The van der Waals surface area contributed by atoms with Crippen molar-refractivity contribution >= 4 is 28.4 Å². The van der Waals surface area contributed by atoms with Crippen LogP contribution >= 0.6 is 11.3 Å². The number of likely N-dealkylation sites (tertiary alicyclic amines) is 1. The summed E-state index contributed by atoms with van der Waals surface area (Å²) in [6.07, 6.45) is 0.563. The maximum Gasteiger partial charge on any atom is 0.323 e. The van der Waals surface area contributed by atoms with E-state index in [4.69, 9.17) is 10.7 Å². The van der Waals surface area contributed by atoms with Crippen LogP contribution in [0.4, 0.5) is 9.93 Å². The lowest BCUT2D eigenvalue weighted by Crippen LogP contribution is -2.34. The van der Waals surface area contributed by atoms with Crippen LogP contribution in [0.1, 0.15) is 23.4 Å². The number of aromatic nitrogens is 2. The number of hydrogen-bond donors (Lipinski definition) is 2. The monoisotopic (exact) mass is 446 g/mol. The van der Waals surface area contributed by atoms with Gasteiger partial charge < -0.3 is 10.6 Å². The van der Waals surface area contributed by atoms with Crippen LogP contribution in [0.15, 0.2) is 36.4 Å². The van der Waals surface area contributed by atoms with Gasteiger partial charge in [0, 0.05) is 30.0 Å². The highest BCUT2D eigenvalue weighted by molar-refractivity contribution is 7.19. The van der Waals surface area contributed by atoms with Crippen molar-refractivity contribution in [1.82, 2.24) is 14.9 Å². The molecule has 1 fully saturated rings. The third-order valence-corrected chi connectivity index (χ3v) is 6.35. The highest BCUT2D eigenvalue weighted by atomic mass is 32.1. The number of nitrogens with one attached hydrogen (secondary N) is 1. The summed E-state index contributed by atoms with van der Waals surface area (Å²) >= 11 is 1.36. The van der Waals surface area contributed by atoms with E-state index in [0.717, 1.165) is 27.4 Å². The van der Waals surface area contributed by atoms with Gasteiger partial charge in [-0.25, -0.2) is 9.78 Å². The van der Waals surface area contributed by atoms with E-state index in [1.165, 1.54) is 11.3 Å². The summed E-state index contributed by atoms with van der Waals surface area (Å²) in [5.41, 5.74) is 10.1. The Balaban J connectivity index is 1.70. The molecule has 9 heteroatoms. The summed E-state index contributed by atoms with van der Waals surface area (Å²) in [5, 5.41) is 12.6. The van der Waals surface area contributed by atoms with Crippen molar-refractivity contribution in [3.63, 3.8) is 0 Å². The maximum atomic E-state index is 12.8. The molecular weight excluding hydrogens is 424 g/mol. The molecule has 1 aromatic carbocycles. The standard InChI is InChI=1S/C23H22N6O2S/c1-13-8-18(9-14(2)26-13)20-19(16-5-3-4-15(10-16)11-24)27-22(32-20)28-23(31)29-7-6-17(12-29)21(25)30/h3-5,8-10,17H,6-7,12H2,1-2H3,(H2,25,30)(H,27,28,31)/t17-/m1/s1. The average Bonchev–Trinajstić information content (AvgIpc) is 3.41. The van der Waals surface area contributed by atoms with Gasteiger partial charge in [0.15, 0.2) is 5.13 Å². The molecule has 0 spiro atoms. The third kappa shape index (κ3) is 4.45. The Morgan fingerprint density at radius 3 is 2.59 bits per heavy atom. The first-order valence-corrected chi connectivity index (χ1v) is 11.0. The topological polar surface area (TPSA) is 125 Å². The van der Waals surface area contributed by atoms with Crippen molar-refractivity contribution in [3.8, 4) is 27.8 Å². The van der Waals surface area contributed by atoms with Gasteiger partial charge in [0.1, 0.15) is 0 Å². The number of urea groups is 1. The molecule has 3 heterocycles. The zero-order valence-corrected chi connectivity index (χ0v) is 18.6. The van der Waals surface area contributed by atoms with Crippen molar-refractivity contribution in [2.24, 2.45) is 11.7 Å². The molecule has 4 rings (SSSR count). The number of amides is 3. The number of benzene rings is 1. The average molecular weight is 447 g/mol. The largest absolute Gasteiger partial charge is 0.369 e. The number of pyridine rings is 1. The Bertz CT molecular complexity index is 1230. The van der Waals surface area contributed by atoms with E-state index in [2.05, 4.69) is 16.4 Å². The number of nitriles is 1. The van der Waals surface area contributed by atoms with Crippen LogP contribution in [0.3, 0.4) is 0 Å². The third-order valence-electron chi connectivity index (χ3n) is 5.33. The molecule has 0 radical (unpaired) electrons. The maximum absolute atomic E-state index is 12.8. The van der Waals surface area contributed by atoms with Crippen molar-refractivity contribution in [2.75, 3.05) is 18.4 Å². The molecule has 1 atom stereocenters. The Morgan fingerprint density at radius 1 is 1.19 bits per heavy atom. The van der Waals surface area contributed by atoms with E-state index in [1.54, 1.807) is 17.0 Å². The van der Waals surface area contributed by atoms with Gasteiger partial charge in [0.2, 0.25) is 5.91 Å². The minimum Gasteiger partial charge on any atom is -0.369 e. The van der Waals surface area contributed by atoms with Gasteiger partial charge in [-0.1, -0.05) is 23.5 Å². The van der Waals surface area contributed by atoms with Crippen molar-refractivity contribution in [2.45, 2.75) is 20.3 Å². The van der Waals surface area contributed by atoms with Gasteiger partial charge in [0.25, 0.3) is 0 Å². The molecule has 0 saturated carbocycles. The number of anilines is 1. The van der Waals surface area contributed by atoms with E-state index in [1.807, 2.05) is 38.1 Å². The molecule has 1 aliphatic rings. The fourth-order valence-electron chi connectivity index (χ4n) is 3.81. The number of carbonyl (C=O) groups excluding carboxylic acids is 2. The minimum absolute atomic E-state index is 0.305. The number of rotatable bonds is 4. The molecule has 3 amide bonds. The zero-order chi connectivity index (χ0) is 22.8. The summed E-state index contributed by atoms with van der Waals surface area (Å²) in [5.74, 6) is -0.709. The molecule has 1 aliphatic heterocycles. The lowest BCUT2D eigenvalue weighted by molar-refractivity contribution is -0.121. The van der Waals surface area contributed by atoms with Crippen molar-refractivity contribution in [3.05, 3.63) is 53.3 Å². The highest BCUT2D eigenvalue weighted by Gasteiger charge is 2.30. The molecular formula is C23H22N6O2S. The molecule has 8 nitrogen and oxygen atoms in total. The quantitative estimate of drug-likeness (QED) is 0.632. The number of carbonyl (C=O) groups is 2. The normalized spacial score (nSPS) is 15.4. The fraction of sp³-hybridized carbons (Fsp3) is 0.261. The van der Waals surface area contributed by atoms with Crippen LogP contribution in [0.25, 0.3) is 21.7 Å². The summed E-state index contributed by atoms with van der Waals surface area (Å²) in [6.45, 7) is 4.63. The number of nitrogens with two attached hydrogens (primary N) is 1. The van der Waals surface area contributed by atoms with Crippen LogP contribution in [0, 0.1) is 31.1 Å². The summed E-state index contributed by atoms with van der Waals surface area (Å²) in [4.78, 5) is 35.8. The Hall–Kier alpha value is -3.77. The van der Waals surface area contributed by atoms with E-state index in [0.29, 0.717) is 35.9 Å².